The normalized spacial score (nSPS) is 20.2. The number of esters is 1. The molecule has 0 fully saturated rings. The number of hydrogen-bond acceptors (Lipinski definition) is 7. The summed E-state index contributed by atoms with van der Waals surface area (Å²) >= 11 is 0. The van der Waals surface area contributed by atoms with Gasteiger partial charge in [0.1, 0.15) is 18.1 Å². The van der Waals surface area contributed by atoms with Crippen LogP contribution in [0.2, 0.25) is 0 Å². The number of nitrogens with zero attached hydrogens (tertiary/aromatic N) is 1. The van der Waals surface area contributed by atoms with Crippen LogP contribution in [0.4, 0.5) is 0 Å². The van der Waals surface area contributed by atoms with Gasteiger partial charge in [0, 0.05) is 7.11 Å². The number of carbonyl (C=O) groups is 3. The molecule has 1 heterocycles. The van der Waals surface area contributed by atoms with Crippen molar-refractivity contribution in [1.29, 1.82) is 5.26 Å². The van der Waals surface area contributed by atoms with Gasteiger partial charge in [0.15, 0.2) is 23.8 Å². The zero-order valence-corrected chi connectivity index (χ0v) is 14.2. The van der Waals surface area contributed by atoms with E-state index in [1.54, 1.807) is 38.1 Å². The highest BCUT2D eigenvalue weighted by Crippen LogP contribution is 2.32. The second-order valence-corrected chi connectivity index (χ2v) is 5.89. The second-order valence-electron chi connectivity index (χ2n) is 5.89. The zero-order chi connectivity index (χ0) is 18.6. The Morgan fingerprint density at radius 1 is 1.32 bits per heavy atom. The van der Waals surface area contributed by atoms with Gasteiger partial charge in [-0.25, -0.2) is 0 Å². The molecule has 1 aliphatic rings. The van der Waals surface area contributed by atoms with E-state index in [1.165, 1.54) is 7.11 Å². The fourth-order valence-corrected chi connectivity index (χ4v) is 2.67. The van der Waals surface area contributed by atoms with Crippen LogP contribution in [-0.2, 0) is 19.1 Å². The van der Waals surface area contributed by atoms with Crippen molar-refractivity contribution in [2.45, 2.75) is 38.6 Å². The maximum Gasteiger partial charge on any atom is 0.313 e. The number of nitriles is 1. The SMILES string of the molecule is COC(C(=O)CC(=O)OC(C)C)C1Oc2ccccc2C(=O)C1C#N. The van der Waals surface area contributed by atoms with Gasteiger partial charge in [0.05, 0.1) is 17.7 Å². The summed E-state index contributed by atoms with van der Waals surface area (Å²) in [5.74, 6) is -2.66. The Labute approximate surface area is 145 Å². The van der Waals surface area contributed by atoms with E-state index >= 15 is 0 Å². The van der Waals surface area contributed by atoms with Crippen molar-refractivity contribution in [1.82, 2.24) is 0 Å². The molecule has 1 aromatic rings. The molecule has 0 radical (unpaired) electrons. The Morgan fingerprint density at radius 3 is 2.60 bits per heavy atom. The predicted molar refractivity (Wildman–Crippen MR) is 85.9 cm³/mol. The maximum absolute atomic E-state index is 12.5. The Bertz CT molecular complexity index is 721. The van der Waals surface area contributed by atoms with E-state index in [9.17, 15) is 19.6 Å². The van der Waals surface area contributed by atoms with E-state index < -0.39 is 42.1 Å². The lowest BCUT2D eigenvalue weighted by atomic mass is 9.86. The summed E-state index contributed by atoms with van der Waals surface area (Å²) in [6.07, 6.45) is -3.24. The summed E-state index contributed by atoms with van der Waals surface area (Å²) in [5, 5.41) is 9.38. The first-order chi connectivity index (χ1) is 11.9. The highest BCUT2D eigenvalue weighted by molar-refractivity contribution is 6.04. The van der Waals surface area contributed by atoms with Gasteiger partial charge in [0.25, 0.3) is 0 Å². The number of methoxy groups -OCH3 is 1. The summed E-state index contributed by atoms with van der Waals surface area (Å²) < 4.78 is 15.8. The lowest BCUT2D eigenvalue weighted by molar-refractivity contribution is -0.152. The lowest BCUT2D eigenvalue weighted by Gasteiger charge is -2.32. The number of Topliss-reactive ketones (excluding diaryl/α,β-unsaturated/α-hetero) is 2. The number of fused-ring (bicyclic) bond motifs is 1. The fourth-order valence-electron chi connectivity index (χ4n) is 2.67. The molecule has 1 aliphatic heterocycles. The Morgan fingerprint density at radius 2 is 2.00 bits per heavy atom. The fraction of sp³-hybridized carbons (Fsp3) is 0.444. The Balaban J connectivity index is 2.24. The minimum absolute atomic E-state index is 0.281. The largest absolute Gasteiger partial charge is 0.485 e. The minimum atomic E-state index is -1.23. The van der Waals surface area contributed by atoms with E-state index in [2.05, 4.69) is 0 Å². The van der Waals surface area contributed by atoms with Crippen LogP contribution in [0.1, 0.15) is 30.6 Å². The van der Waals surface area contributed by atoms with Gasteiger partial charge in [-0.3, -0.25) is 14.4 Å². The maximum atomic E-state index is 12.5. The van der Waals surface area contributed by atoms with Gasteiger partial charge >= 0.3 is 5.97 Å². The van der Waals surface area contributed by atoms with Crippen LogP contribution >= 0.6 is 0 Å². The number of rotatable bonds is 6. The molecule has 0 saturated carbocycles. The quantitative estimate of drug-likeness (QED) is 0.571. The standard InChI is InChI=1S/C18H19NO6/c1-10(2)24-15(21)8-13(20)18(23-3)17-12(9-19)16(22)11-6-4-5-7-14(11)25-17/h4-7,10,12,17-18H,8H2,1-3H3. The summed E-state index contributed by atoms with van der Waals surface area (Å²) in [7, 11) is 1.26. The van der Waals surface area contributed by atoms with Crippen molar-refractivity contribution in [3.05, 3.63) is 29.8 Å². The molecule has 7 heteroatoms. The number of ether oxygens (including phenoxy) is 3. The topological polar surface area (TPSA) is 103 Å². The molecule has 2 rings (SSSR count). The van der Waals surface area contributed by atoms with Crippen LogP contribution < -0.4 is 4.74 Å². The predicted octanol–water partition coefficient (Wildman–Crippen LogP) is 1.70. The molecule has 25 heavy (non-hydrogen) atoms. The third-order valence-electron chi connectivity index (χ3n) is 3.72. The highest BCUT2D eigenvalue weighted by Gasteiger charge is 2.45. The van der Waals surface area contributed by atoms with Crippen LogP contribution in [0.25, 0.3) is 0 Å². The van der Waals surface area contributed by atoms with Gasteiger partial charge in [-0.2, -0.15) is 5.26 Å². The van der Waals surface area contributed by atoms with Gasteiger partial charge in [0.2, 0.25) is 0 Å². The Kier molecular flexibility index (Phi) is 5.88. The molecule has 0 spiro atoms. The van der Waals surface area contributed by atoms with Crippen LogP contribution in [0, 0.1) is 17.2 Å². The van der Waals surface area contributed by atoms with Crippen molar-refractivity contribution >= 4 is 17.5 Å². The summed E-state index contributed by atoms with van der Waals surface area (Å²) in [4.78, 5) is 36.6. The molecule has 0 aliphatic carbocycles. The monoisotopic (exact) mass is 345 g/mol. The van der Waals surface area contributed by atoms with Crippen molar-refractivity contribution in [2.24, 2.45) is 5.92 Å². The molecule has 0 amide bonds. The van der Waals surface area contributed by atoms with E-state index in [1.807, 2.05) is 6.07 Å². The summed E-state index contributed by atoms with van der Waals surface area (Å²) in [6, 6.07) is 8.36. The van der Waals surface area contributed by atoms with Crippen LogP contribution in [0.3, 0.4) is 0 Å². The first kappa shape index (κ1) is 18.6. The smallest absolute Gasteiger partial charge is 0.313 e. The van der Waals surface area contributed by atoms with Gasteiger partial charge in [-0.1, -0.05) is 12.1 Å². The van der Waals surface area contributed by atoms with Crippen molar-refractivity contribution in [2.75, 3.05) is 7.11 Å². The molecular weight excluding hydrogens is 326 g/mol. The van der Waals surface area contributed by atoms with E-state index in [0.717, 1.165) is 0 Å². The molecule has 0 N–H and O–H groups in total. The number of ketones is 2. The molecule has 0 bridgehead atoms. The third kappa shape index (κ3) is 4.03. The molecule has 1 aromatic carbocycles. The lowest BCUT2D eigenvalue weighted by Crippen LogP contribution is -2.49. The average molecular weight is 345 g/mol. The molecule has 3 atom stereocenters. The van der Waals surface area contributed by atoms with Crippen LogP contribution in [0.15, 0.2) is 24.3 Å². The van der Waals surface area contributed by atoms with E-state index in [-0.39, 0.29) is 17.4 Å². The van der Waals surface area contributed by atoms with Gasteiger partial charge in [-0.15, -0.1) is 0 Å². The second kappa shape index (κ2) is 7.90. The van der Waals surface area contributed by atoms with E-state index in [0.29, 0.717) is 0 Å². The van der Waals surface area contributed by atoms with Crippen molar-refractivity contribution in [3.63, 3.8) is 0 Å². The van der Waals surface area contributed by atoms with Crippen molar-refractivity contribution < 1.29 is 28.6 Å². The van der Waals surface area contributed by atoms with Gasteiger partial charge in [-0.05, 0) is 26.0 Å². The number of carbonyl (C=O) groups excluding carboxylic acids is 3. The molecule has 0 saturated heterocycles. The minimum Gasteiger partial charge on any atom is -0.485 e. The average Bonchev–Trinajstić information content (AvgIpc) is 2.55. The van der Waals surface area contributed by atoms with E-state index in [4.69, 9.17) is 14.2 Å². The third-order valence-corrected chi connectivity index (χ3v) is 3.72. The molecule has 0 aromatic heterocycles. The summed E-state index contributed by atoms with van der Waals surface area (Å²) in [6.45, 7) is 3.34. The Hall–Kier alpha value is -2.72. The summed E-state index contributed by atoms with van der Waals surface area (Å²) in [5.41, 5.74) is 0.284. The molecular formula is C18H19NO6. The number of benzene rings is 1. The number of hydrogen-bond donors (Lipinski definition) is 0. The molecule has 132 valence electrons. The molecule has 7 nitrogen and oxygen atoms in total. The first-order valence-electron chi connectivity index (χ1n) is 7.83. The highest BCUT2D eigenvalue weighted by atomic mass is 16.5. The van der Waals surface area contributed by atoms with Crippen LogP contribution in [0.5, 0.6) is 5.75 Å². The first-order valence-corrected chi connectivity index (χ1v) is 7.83. The number of para-hydroxylation sites is 1. The zero-order valence-electron chi connectivity index (χ0n) is 14.2. The van der Waals surface area contributed by atoms with Crippen LogP contribution in [-0.4, -0.2) is 43.0 Å². The van der Waals surface area contributed by atoms with Gasteiger partial charge < -0.3 is 14.2 Å². The molecule has 3 unspecified atom stereocenters. The van der Waals surface area contributed by atoms with Crippen molar-refractivity contribution in [3.8, 4) is 11.8 Å².